The molecule has 2 aromatic rings. The summed E-state index contributed by atoms with van der Waals surface area (Å²) in [5.41, 5.74) is 1.62. The number of aromatic nitrogens is 2. The average Bonchev–Trinajstić information content (AvgIpc) is 3.04. The van der Waals surface area contributed by atoms with E-state index >= 15 is 0 Å². The second-order valence-corrected chi connectivity index (χ2v) is 7.02. The quantitative estimate of drug-likeness (QED) is 0.785. The average molecular weight is 359 g/mol. The Morgan fingerprint density at radius 2 is 2.28 bits per heavy atom. The van der Waals surface area contributed by atoms with Gasteiger partial charge >= 0.3 is 5.97 Å². The first kappa shape index (κ1) is 17.5. The number of ether oxygens (including phenoxy) is 1. The van der Waals surface area contributed by atoms with Gasteiger partial charge in [-0.3, -0.25) is 14.6 Å². The van der Waals surface area contributed by atoms with Crippen LogP contribution in [0, 0.1) is 12.8 Å². The van der Waals surface area contributed by atoms with Crippen molar-refractivity contribution in [1.29, 1.82) is 0 Å². The molecule has 0 aliphatic carbocycles. The first-order chi connectivity index (χ1) is 12.1. The standard InChI is InChI=1S/C18H21N3O3S/c1-3-24-18(23)14-7-5-9-21(11-14)17(22)15-12(2)20-16(25-15)13-6-4-8-19-10-13/h4,6,8,10,14H,3,5,7,9,11H2,1-2H3. The van der Waals surface area contributed by atoms with E-state index in [1.807, 2.05) is 19.1 Å². The molecule has 1 aliphatic rings. The van der Waals surface area contributed by atoms with Gasteiger partial charge < -0.3 is 9.64 Å². The first-order valence-electron chi connectivity index (χ1n) is 8.44. The van der Waals surface area contributed by atoms with Gasteiger partial charge in [0.05, 0.1) is 18.2 Å². The fourth-order valence-corrected chi connectivity index (χ4v) is 3.99. The van der Waals surface area contributed by atoms with Gasteiger partial charge in [0.2, 0.25) is 0 Å². The molecule has 25 heavy (non-hydrogen) atoms. The van der Waals surface area contributed by atoms with Crippen molar-refractivity contribution < 1.29 is 14.3 Å². The van der Waals surface area contributed by atoms with Gasteiger partial charge in [0.25, 0.3) is 5.91 Å². The summed E-state index contributed by atoms with van der Waals surface area (Å²) in [7, 11) is 0. The van der Waals surface area contributed by atoms with Crippen LogP contribution in [0.1, 0.15) is 35.1 Å². The second kappa shape index (κ2) is 7.74. The van der Waals surface area contributed by atoms with E-state index in [1.165, 1.54) is 11.3 Å². The van der Waals surface area contributed by atoms with Crippen LogP contribution in [0.3, 0.4) is 0 Å². The molecular formula is C18H21N3O3S. The van der Waals surface area contributed by atoms with Crippen LogP contribution < -0.4 is 0 Å². The Kier molecular flexibility index (Phi) is 5.43. The number of thiazole rings is 1. The number of rotatable bonds is 4. The van der Waals surface area contributed by atoms with Crippen molar-refractivity contribution in [2.24, 2.45) is 5.92 Å². The fraction of sp³-hybridized carbons (Fsp3) is 0.444. The number of pyridine rings is 1. The molecule has 0 saturated carbocycles. The van der Waals surface area contributed by atoms with Crippen molar-refractivity contribution >= 4 is 23.2 Å². The molecule has 0 radical (unpaired) electrons. The molecule has 7 heteroatoms. The summed E-state index contributed by atoms with van der Waals surface area (Å²) >= 11 is 1.38. The number of piperidine rings is 1. The Morgan fingerprint density at radius 3 is 3.00 bits per heavy atom. The fourth-order valence-electron chi connectivity index (χ4n) is 2.97. The van der Waals surface area contributed by atoms with E-state index in [-0.39, 0.29) is 17.8 Å². The van der Waals surface area contributed by atoms with Crippen LogP contribution in [-0.4, -0.2) is 46.4 Å². The van der Waals surface area contributed by atoms with E-state index in [9.17, 15) is 9.59 Å². The SMILES string of the molecule is CCOC(=O)C1CCCN(C(=O)c2sc(-c3cccnc3)nc2C)C1. The summed E-state index contributed by atoms with van der Waals surface area (Å²) in [6.45, 7) is 5.08. The van der Waals surface area contributed by atoms with Gasteiger partial charge in [-0.15, -0.1) is 11.3 Å². The zero-order valence-corrected chi connectivity index (χ0v) is 15.2. The molecule has 1 saturated heterocycles. The van der Waals surface area contributed by atoms with Crippen LogP contribution in [0.25, 0.3) is 10.6 Å². The normalized spacial score (nSPS) is 17.4. The van der Waals surface area contributed by atoms with Gasteiger partial charge in [0.15, 0.2) is 0 Å². The largest absolute Gasteiger partial charge is 0.466 e. The van der Waals surface area contributed by atoms with Gasteiger partial charge in [-0.1, -0.05) is 0 Å². The van der Waals surface area contributed by atoms with Crippen LogP contribution in [-0.2, 0) is 9.53 Å². The first-order valence-corrected chi connectivity index (χ1v) is 9.25. The van der Waals surface area contributed by atoms with Crippen LogP contribution in [0.4, 0.5) is 0 Å². The van der Waals surface area contributed by atoms with Gasteiger partial charge in [-0.25, -0.2) is 4.98 Å². The number of esters is 1. The summed E-state index contributed by atoms with van der Waals surface area (Å²) < 4.78 is 5.11. The third-order valence-electron chi connectivity index (χ3n) is 4.23. The minimum absolute atomic E-state index is 0.0564. The zero-order valence-electron chi connectivity index (χ0n) is 14.4. The Balaban J connectivity index is 1.77. The van der Waals surface area contributed by atoms with Crippen LogP contribution in [0.2, 0.25) is 0 Å². The second-order valence-electron chi connectivity index (χ2n) is 6.02. The molecular weight excluding hydrogens is 338 g/mol. The van der Waals surface area contributed by atoms with Crippen molar-refractivity contribution in [3.05, 3.63) is 35.1 Å². The van der Waals surface area contributed by atoms with Crippen molar-refractivity contribution in [2.45, 2.75) is 26.7 Å². The monoisotopic (exact) mass is 359 g/mol. The van der Waals surface area contributed by atoms with E-state index in [4.69, 9.17) is 4.74 Å². The molecule has 6 nitrogen and oxygen atoms in total. The molecule has 1 fully saturated rings. The minimum atomic E-state index is -0.233. The Labute approximate surface area is 150 Å². The predicted molar refractivity (Wildman–Crippen MR) is 95.3 cm³/mol. The van der Waals surface area contributed by atoms with E-state index in [0.717, 1.165) is 23.4 Å². The smallest absolute Gasteiger partial charge is 0.310 e. The topological polar surface area (TPSA) is 72.4 Å². The molecule has 1 amide bonds. The molecule has 1 atom stereocenters. The number of carbonyl (C=O) groups is 2. The maximum atomic E-state index is 12.9. The molecule has 1 aliphatic heterocycles. The lowest BCUT2D eigenvalue weighted by Gasteiger charge is -2.31. The molecule has 0 spiro atoms. The van der Waals surface area contributed by atoms with Crippen molar-refractivity contribution in [3.8, 4) is 10.6 Å². The van der Waals surface area contributed by atoms with Crippen LogP contribution in [0.15, 0.2) is 24.5 Å². The Morgan fingerprint density at radius 1 is 1.44 bits per heavy atom. The van der Waals surface area contributed by atoms with Gasteiger partial charge in [0.1, 0.15) is 9.88 Å². The molecule has 3 rings (SSSR count). The molecule has 0 aromatic carbocycles. The molecule has 2 aromatic heterocycles. The highest BCUT2D eigenvalue weighted by Gasteiger charge is 2.31. The van der Waals surface area contributed by atoms with Gasteiger partial charge in [-0.2, -0.15) is 0 Å². The summed E-state index contributed by atoms with van der Waals surface area (Å²) in [5.74, 6) is -0.500. The molecule has 3 heterocycles. The highest BCUT2D eigenvalue weighted by atomic mass is 32.1. The number of hydrogen-bond acceptors (Lipinski definition) is 6. The van der Waals surface area contributed by atoms with Crippen LogP contribution >= 0.6 is 11.3 Å². The van der Waals surface area contributed by atoms with Gasteiger partial charge in [0, 0.05) is 31.0 Å². The maximum absolute atomic E-state index is 12.9. The summed E-state index contributed by atoms with van der Waals surface area (Å²) in [5, 5.41) is 0.785. The number of carbonyl (C=O) groups excluding carboxylic acids is 2. The summed E-state index contributed by atoms with van der Waals surface area (Å²) in [6.07, 6.45) is 5.03. The molecule has 0 N–H and O–H groups in total. The van der Waals surface area contributed by atoms with Crippen LogP contribution in [0.5, 0.6) is 0 Å². The lowest BCUT2D eigenvalue weighted by Crippen LogP contribution is -2.42. The number of hydrogen-bond donors (Lipinski definition) is 0. The summed E-state index contributed by atoms with van der Waals surface area (Å²) in [6, 6.07) is 3.78. The van der Waals surface area contributed by atoms with Crippen molar-refractivity contribution in [3.63, 3.8) is 0 Å². The highest BCUT2D eigenvalue weighted by Crippen LogP contribution is 2.29. The third kappa shape index (κ3) is 3.87. The van der Waals surface area contributed by atoms with Gasteiger partial charge in [-0.05, 0) is 38.8 Å². The number of nitrogens with zero attached hydrogens (tertiary/aromatic N) is 3. The maximum Gasteiger partial charge on any atom is 0.310 e. The third-order valence-corrected chi connectivity index (χ3v) is 5.42. The Hall–Kier alpha value is -2.28. The number of likely N-dealkylation sites (tertiary alicyclic amines) is 1. The predicted octanol–water partition coefficient (Wildman–Crippen LogP) is 2.93. The van der Waals surface area contributed by atoms with E-state index < -0.39 is 0 Å². The van der Waals surface area contributed by atoms with E-state index in [1.54, 1.807) is 24.2 Å². The molecule has 0 bridgehead atoms. The highest BCUT2D eigenvalue weighted by molar-refractivity contribution is 7.17. The minimum Gasteiger partial charge on any atom is -0.466 e. The molecule has 132 valence electrons. The zero-order chi connectivity index (χ0) is 17.8. The number of aryl methyl sites for hydroxylation is 1. The molecule has 1 unspecified atom stereocenters. The number of amides is 1. The van der Waals surface area contributed by atoms with E-state index in [2.05, 4.69) is 9.97 Å². The van der Waals surface area contributed by atoms with Crippen molar-refractivity contribution in [2.75, 3.05) is 19.7 Å². The lowest BCUT2D eigenvalue weighted by atomic mass is 9.98. The lowest BCUT2D eigenvalue weighted by molar-refractivity contribution is -0.149. The van der Waals surface area contributed by atoms with Crippen molar-refractivity contribution in [1.82, 2.24) is 14.9 Å². The Bertz CT molecular complexity index is 760. The van der Waals surface area contributed by atoms with E-state index in [0.29, 0.717) is 30.3 Å². The summed E-state index contributed by atoms with van der Waals surface area (Å²) in [4.78, 5) is 35.9.